The van der Waals surface area contributed by atoms with Gasteiger partial charge in [0.1, 0.15) is 11.4 Å². The molecule has 9 heteroatoms. The third kappa shape index (κ3) is 4.01. The first-order valence-corrected chi connectivity index (χ1v) is 11.2. The van der Waals surface area contributed by atoms with Gasteiger partial charge in [-0.3, -0.25) is 15.0 Å². The number of ketones is 2. The van der Waals surface area contributed by atoms with Crippen LogP contribution in [0.3, 0.4) is 0 Å². The van der Waals surface area contributed by atoms with Crippen molar-refractivity contribution < 1.29 is 14.3 Å². The molecule has 1 aliphatic carbocycles. The number of carbonyl (C=O) groups is 2. The van der Waals surface area contributed by atoms with Gasteiger partial charge in [0, 0.05) is 50.4 Å². The summed E-state index contributed by atoms with van der Waals surface area (Å²) < 4.78 is 7.05. The molecule has 1 aromatic heterocycles. The number of piperazine rings is 1. The molecule has 5 rings (SSSR count). The van der Waals surface area contributed by atoms with E-state index in [0.29, 0.717) is 23.4 Å². The van der Waals surface area contributed by atoms with E-state index in [1.54, 1.807) is 36.1 Å². The van der Waals surface area contributed by atoms with Crippen LogP contribution in [0.25, 0.3) is 0 Å². The Morgan fingerprint density at radius 3 is 2.39 bits per heavy atom. The van der Waals surface area contributed by atoms with Gasteiger partial charge in [-0.15, -0.1) is 5.10 Å². The van der Waals surface area contributed by atoms with Gasteiger partial charge in [0.2, 0.25) is 11.6 Å². The monoisotopic (exact) mass is 446 g/mol. The second kappa shape index (κ2) is 9.13. The molecule has 170 valence electrons. The minimum Gasteiger partial charge on any atom is -0.495 e. The Labute approximate surface area is 191 Å². The Kier molecular flexibility index (Phi) is 5.89. The second-order valence-electron chi connectivity index (χ2n) is 8.12. The lowest BCUT2D eigenvalue weighted by atomic mass is 9.90. The molecule has 9 nitrogen and oxygen atoms in total. The normalized spacial score (nSPS) is 16.0. The minimum absolute atomic E-state index is 0.152. The SMILES string of the molecule is COc1ccccc1N1CCN(NCCCn2nnc3c2C(=O)c2ccccc2C3=O)CC1. The maximum absolute atomic E-state index is 12.9. The van der Waals surface area contributed by atoms with Gasteiger partial charge < -0.3 is 9.64 Å². The van der Waals surface area contributed by atoms with Gasteiger partial charge in [-0.25, -0.2) is 9.69 Å². The average molecular weight is 447 g/mol. The van der Waals surface area contributed by atoms with Crippen LogP contribution in [0.2, 0.25) is 0 Å². The number of hydrogen-bond acceptors (Lipinski definition) is 8. The highest BCUT2D eigenvalue weighted by Crippen LogP contribution is 2.28. The van der Waals surface area contributed by atoms with Crippen LogP contribution in [-0.2, 0) is 6.54 Å². The van der Waals surface area contributed by atoms with Crippen molar-refractivity contribution in [2.75, 3.05) is 44.7 Å². The first-order valence-electron chi connectivity index (χ1n) is 11.2. The van der Waals surface area contributed by atoms with Crippen molar-refractivity contribution in [1.82, 2.24) is 25.4 Å². The molecule has 2 heterocycles. The maximum Gasteiger partial charge on any atom is 0.216 e. The smallest absolute Gasteiger partial charge is 0.216 e. The van der Waals surface area contributed by atoms with Gasteiger partial charge in [-0.2, -0.15) is 0 Å². The van der Waals surface area contributed by atoms with Crippen LogP contribution in [0.1, 0.15) is 38.5 Å². The van der Waals surface area contributed by atoms with E-state index in [1.165, 1.54) is 0 Å². The molecule has 1 fully saturated rings. The standard InChI is InChI=1S/C24H26N6O3/c1-33-20-10-5-4-9-19(20)28-13-15-29(16-14-28)25-11-6-12-30-22-21(26-27-30)23(31)17-7-2-3-8-18(17)24(22)32/h2-5,7-10,25H,6,11-16H2,1H3. The van der Waals surface area contributed by atoms with E-state index in [4.69, 9.17) is 4.74 Å². The van der Waals surface area contributed by atoms with Crippen molar-refractivity contribution in [2.24, 2.45) is 0 Å². The number of aryl methyl sites for hydroxylation is 1. The Morgan fingerprint density at radius 2 is 1.64 bits per heavy atom. The summed E-state index contributed by atoms with van der Waals surface area (Å²) in [5.41, 5.74) is 5.85. The molecule has 1 saturated heterocycles. The predicted molar refractivity (Wildman–Crippen MR) is 123 cm³/mol. The maximum atomic E-state index is 12.9. The summed E-state index contributed by atoms with van der Waals surface area (Å²) >= 11 is 0. The van der Waals surface area contributed by atoms with E-state index >= 15 is 0 Å². The van der Waals surface area contributed by atoms with Gasteiger partial charge >= 0.3 is 0 Å². The van der Waals surface area contributed by atoms with Gasteiger partial charge in [0.15, 0.2) is 5.69 Å². The number of carbonyl (C=O) groups excluding carboxylic acids is 2. The fourth-order valence-corrected chi connectivity index (χ4v) is 4.44. The summed E-state index contributed by atoms with van der Waals surface area (Å²) in [5, 5.41) is 10.3. The Balaban J connectivity index is 1.13. The molecule has 0 unspecified atom stereocenters. The van der Waals surface area contributed by atoms with Crippen molar-refractivity contribution in [3.05, 3.63) is 71.0 Å². The van der Waals surface area contributed by atoms with E-state index in [-0.39, 0.29) is 17.3 Å². The van der Waals surface area contributed by atoms with E-state index in [9.17, 15) is 9.59 Å². The number of aromatic nitrogens is 3. The van der Waals surface area contributed by atoms with Crippen molar-refractivity contribution >= 4 is 17.3 Å². The number of nitrogens with zero attached hydrogens (tertiary/aromatic N) is 5. The van der Waals surface area contributed by atoms with Crippen molar-refractivity contribution in [3.8, 4) is 5.75 Å². The summed E-state index contributed by atoms with van der Waals surface area (Å²) in [7, 11) is 1.70. The zero-order valence-corrected chi connectivity index (χ0v) is 18.5. The molecule has 0 bridgehead atoms. The first kappa shape index (κ1) is 21.3. The lowest BCUT2D eigenvalue weighted by molar-refractivity contribution is 0.0970. The van der Waals surface area contributed by atoms with Crippen molar-refractivity contribution in [2.45, 2.75) is 13.0 Å². The molecule has 0 spiro atoms. The fraction of sp³-hybridized carbons (Fsp3) is 0.333. The largest absolute Gasteiger partial charge is 0.495 e. The van der Waals surface area contributed by atoms with Gasteiger partial charge in [-0.1, -0.05) is 41.6 Å². The number of hydrazine groups is 1. The molecular weight excluding hydrogens is 420 g/mol. The highest BCUT2D eigenvalue weighted by Gasteiger charge is 2.34. The molecule has 1 N–H and O–H groups in total. The van der Waals surface area contributed by atoms with Crippen LogP contribution >= 0.6 is 0 Å². The first-order chi connectivity index (χ1) is 16.2. The summed E-state index contributed by atoms with van der Waals surface area (Å²) in [6.07, 6.45) is 0.756. The molecule has 0 amide bonds. The van der Waals surface area contributed by atoms with Gasteiger partial charge in [0.25, 0.3) is 0 Å². The Bertz CT molecular complexity index is 1180. The number of rotatable bonds is 7. The zero-order valence-electron chi connectivity index (χ0n) is 18.5. The fourth-order valence-electron chi connectivity index (χ4n) is 4.44. The van der Waals surface area contributed by atoms with Crippen LogP contribution in [-0.4, -0.2) is 71.4 Å². The van der Waals surface area contributed by atoms with E-state index in [0.717, 1.165) is 50.6 Å². The summed E-state index contributed by atoms with van der Waals surface area (Å²) in [6.45, 7) is 4.83. The molecule has 0 radical (unpaired) electrons. The minimum atomic E-state index is -0.238. The predicted octanol–water partition coefficient (Wildman–Crippen LogP) is 1.78. The number of ether oxygens (including phenoxy) is 1. The third-order valence-electron chi connectivity index (χ3n) is 6.17. The van der Waals surface area contributed by atoms with Gasteiger partial charge in [0.05, 0.1) is 12.8 Å². The summed E-state index contributed by atoms with van der Waals surface area (Å²) in [5.74, 6) is 0.467. The number of methoxy groups -OCH3 is 1. The summed E-state index contributed by atoms with van der Waals surface area (Å²) in [4.78, 5) is 27.9. The quantitative estimate of drug-likeness (QED) is 0.430. The Hall–Kier alpha value is -3.56. The number of nitrogens with one attached hydrogen (secondary N) is 1. The molecule has 3 aromatic rings. The van der Waals surface area contributed by atoms with Crippen LogP contribution in [0.4, 0.5) is 5.69 Å². The number of benzene rings is 2. The molecule has 33 heavy (non-hydrogen) atoms. The van der Waals surface area contributed by atoms with E-state index < -0.39 is 0 Å². The average Bonchev–Trinajstić information content (AvgIpc) is 3.30. The van der Waals surface area contributed by atoms with Crippen LogP contribution < -0.4 is 15.1 Å². The lowest BCUT2D eigenvalue weighted by Gasteiger charge is -2.36. The highest BCUT2D eigenvalue weighted by molar-refractivity contribution is 6.26. The second-order valence-corrected chi connectivity index (χ2v) is 8.12. The number of hydrogen-bond donors (Lipinski definition) is 1. The van der Waals surface area contributed by atoms with Gasteiger partial charge in [-0.05, 0) is 18.6 Å². The van der Waals surface area contributed by atoms with Crippen LogP contribution in [0.15, 0.2) is 48.5 Å². The highest BCUT2D eigenvalue weighted by atomic mass is 16.5. The molecule has 0 saturated carbocycles. The zero-order chi connectivity index (χ0) is 22.8. The number of anilines is 1. The van der Waals surface area contributed by atoms with Crippen molar-refractivity contribution in [1.29, 1.82) is 0 Å². The summed E-state index contributed by atoms with van der Waals surface area (Å²) in [6, 6.07) is 14.9. The van der Waals surface area contributed by atoms with Crippen LogP contribution in [0.5, 0.6) is 5.75 Å². The van der Waals surface area contributed by atoms with E-state index in [2.05, 4.69) is 31.7 Å². The Morgan fingerprint density at radius 1 is 0.939 bits per heavy atom. The molecule has 2 aliphatic rings. The molecule has 0 atom stereocenters. The number of para-hydroxylation sites is 2. The van der Waals surface area contributed by atoms with Crippen molar-refractivity contribution in [3.63, 3.8) is 0 Å². The number of fused-ring (bicyclic) bond motifs is 2. The topological polar surface area (TPSA) is 92.6 Å². The third-order valence-corrected chi connectivity index (χ3v) is 6.17. The molecule has 2 aromatic carbocycles. The van der Waals surface area contributed by atoms with E-state index in [1.807, 2.05) is 18.2 Å². The van der Waals surface area contributed by atoms with Crippen LogP contribution in [0, 0.1) is 0 Å². The molecule has 1 aliphatic heterocycles. The lowest BCUT2D eigenvalue weighted by Crippen LogP contribution is -2.52. The molecular formula is C24H26N6O3.